The number of rotatable bonds is 11. The maximum atomic E-state index is 13.0. The van der Waals surface area contributed by atoms with Gasteiger partial charge >= 0.3 is 5.97 Å². The predicted octanol–water partition coefficient (Wildman–Crippen LogP) is 3.03. The van der Waals surface area contributed by atoms with E-state index in [4.69, 9.17) is 19.3 Å². The third kappa shape index (κ3) is 6.43. The van der Waals surface area contributed by atoms with Crippen LogP contribution in [0.5, 0.6) is 17.5 Å². The van der Waals surface area contributed by atoms with Crippen LogP contribution >= 0.6 is 0 Å². The Labute approximate surface area is 219 Å². The van der Waals surface area contributed by atoms with Crippen molar-refractivity contribution < 1.29 is 37.3 Å². The number of hydrogen-bond acceptors (Lipinski definition) is 9. The number of aromatic nitrogens is 2. The van der Waals surface area contributed by atoms with Crippen LogP contribution in [0.25, 0.3) is 0 Å². The van der Waals surface area contributed by atoms with Gasteiger partial charge in [0.25, 0.3) is 5.91 Å². The SMILES string of the molecule is COC[C@@H](C)Oc1cc(C(=O)Nc2ccc(C(=O)O)cn2)cc(Oc2ccc(S(=O)(=O)N3CCC3)cc2)n1. The molecule has 0 spiro atoms. The van der Waals surface area contributed by atoms with E-state index in [9.17, 15) is 18.0 Å². The van der Waals surface area contributed by atoms with Gasteiger partial charge in [0, 0.05) is 38.5 Å². The zero-order chi connectivity index (χ0) is 27.3. The van der Waals surface area contributed by atoms with Crippen molar-refractivity contribution in [3.63, 3.8) is 0 Å². The maximum absolute atomic E-state index is 13.0. The molecule has 1 atom stereocenters. The highest BCUT2D eigenvalue weighted by molar-refractivity contribution is 7.89. The van der Waals surface area contributed by atoms with E-state index in [2.05, 4.69) is 15.3 Å². The molecule has 12 nitrogen and oxygen atoms in total. The summed E-state index contributed by atoms with van der Waals surface area (Å²) in [6.45, 7) is 3.05. The first-order valence-corrected chi connectivity index (χ1v) is 13.1. The lowest BCUT2D eigenvalue weighted by Gasteiger charge is -2.29. The van der Waals surface area contributed by atoms with Crippen LogP contribution in [0, 0.1) is 0 Å². The Balaban J connectivity index is 1.56. The summed E-state index contributed by atoms with van der Waals surface area (Å²) in [5.74, 6) is -1.11. The minimum Gasteiger partial charge on any atom is -0.478 e. The van der Waals surface area contributed by atoms with Crippen molar-refractivity contribution >= 4 is 27.7 Å². The van der Waals surface area contributed by atoms with Crippen LogP contribution in [0.3, 0.4) is 0 Å². The Morgan fingerprint density at radius 1 is 1.08 bits per heavy atom. The number of amides is 1. The van der Waals surface area contributed by atoms with E-state index in [0.717, 1.165) is 12.6 Å². The third-order valence-electron chi connectivity index (χ3n) is 5.51. The van der Waals surface area contributed by atoms with Crippen LogP contribution in [-0.2, 0) is 14.8 Å². The van der Waals surface area contributed by atoms with Gasteiger partial charge in [-0.2, -0.15) is 9.29 Å². The van der Waals surface area contributed by atoms with Crippen LogP contribution in [0.4, 0.5) is 5.82 Å². The van der Waals surface area contributed by atoms with E-state index in [1.54, 1.807) is 6.92 Å². The molecule has 2 aromatic heterocycles. The highest BCUT2D eigenvalue weighted by Crippen LogP contribution is 2.28. The molecule has 4 rings (SSSR count). The van der Waals surface area contributed by atoms with Gasteiger partial charge in [0.05, 0.1) is 22.6 Å². The van der Waals surface area contributed by atoms with Crippen LogP contribution in [0.1, 0.15) is 34.1 Å². The summed E-state index contributed by atoms with van der Waals surface area (Å²) >= 11 is 0. The molecule has 1 amide bonds. The van der Waals surface area contributed by atoms with E-state index in [1.165, 1.54) is 59.9 Å². The molecule has 1 aliphatic heterocycles. The van der Waals surface area contributed by atoms with E-state index in [-0.39, 0.29) is 46.3 Å². The number of ether oxygens (including phenoxy) is 3. The minimum absolute atomic E-state index is 0.0193. The summed E-state index contributed by atoms with van der Waals surface area (Å²) in [6.07, 6.45) is 1.59. The Hall–Kier alpha value is -4.07. The Morgan fingerprint density at radius 3 is 2.37 bits per heavy atom. The number of carbonyl (C=O) groups is 2. The first-order valence-electron chi connectivity index (χ1n) is 11.6. The Bertz CT molecular complexity index is 1410. The Kier molecular flexibility index (Phi) is 8.20. The van der Waals surface area contributed by atoms with Crippen LogP contribution in [0.2, 0.25) is 0 Å². The number of carboxylic acid groups (broad SMARTS) is 1. The number of aromatic carboxylic acids is 1. The van der Waals surface area contributed by atoms with Crippen molar-refractivity contribution in [2.75, 3.05) is 32.1 Å². The van der Waals surface area contributed by atoms with Gasteiger partial charge in [0.15, 0.2) is 0 Å². The molecule has 1 fully saturated rings. The van der Waals surface area contributed by atoms with E-state index in [0.29, 0.717) is 18.8 Å². The van der Waals surface area contributed by atoms with Crippen molar-refractivity contribution in [2.24, 2.45) is 0 Å². The number of hydrogen-bond donors (Lipinski definition) is 2. The minimum atomic E-state index is -3.53. The fraction of sp³-hybridized carbons (Fsp3) is 0.280. The van der Waals surface area contributed by atoms with Crippen molar-refractivity contribution in [1.29, 1.82) is 0 Å². The fourth-order valence-corrected chi connectivity index (χ4v) is 4.98. The summed E-state index contributed by atoms with van der Waals surface area (Å²) < 4.78 is 43.2. The summed E-state index contributed by atoms with van der Waals surface area (Å²) in [5.41, 5.74) is 0.116. The Morgan fingerprint density at radius 2 is 1.79 bits per heavy atom. The predicted molar refractivity (Wildman–Crippen MR) is 135 cm³/mol. The summed E-state index contributed by atoms with van der Waals surface area (Å²) in [4.78, 5) is 32.4. The van der Waals surface area contributed by atoms with Crippen LogP contribution in [0.15, 0.2) is 59.6 Å². The summed E-state index contributed by atoms with van der Waals surface area (Å²) in [6, 6.07) is 11.4. The molecule has 0 bridgehead atoms. The van der Waals surface area contributed by atoms with Gasteiger partial charge in [0.2, 0.25) is 21.8 Å². The molecule has 38 heavy (non-hydrogen) atoms. The molecule has 13 heteroatoms. The number of sulfonamides is 1. The lowest BCUT2D eigenvalue weighted by molar-refractivity contribution is 0.0696. The molecule has 2 N–H and O–H groups in total. The molecular formula is C25H26N4O8S. The van der Waals surface area contributed by atoms with Gasteiger partial charge in [0.1, 0.15) is 17.7 Å². The number of nitrogens with one attached hydrogen (secondary N) is 1. The van der Waals surface area contributed by atoms with E-state index >= 15 is 0 Å². The first kappa shape index (κ1) is 27.0. The van der Waals surface area contributed by atoms with Crippen molar-refractivity contribution in [1.82, 2.24) is 14.3 Å². The number of pyridine rings is 2. The van der Waals surface area contributed by atoms with Gasteiger partial charge in [-0.15, -0.1) is 0 Å². The topological polar surface area (TPSA) is 157 Å². The number of nitrogens with zero attached hydrogens (tertiary/aromatic N) is 3. The van der Waals surface area contributed by atoms with Gasteiger partial charge in [-0.05, 0) is 49.7 Å². The first-order chi connectivity index (χ1) is 18.2. The summed E-state index contributed by atoms with van der Waals surface area (Å²) in [5, 5.41) is 11.6. The molecule has 0 unspecified atom stereocenters. The second kappa shape index (κ2) is 11.5. The van der Waals surface area contributed by atoms with Crippen molar-refractivity contribution in [2.45, 2.75) is 24.3 Å². The van der Waals surface area contributed by atoms with Gasteiger partial charge < -0.3 is 24.6 Å². The van der Waals surface area contributed by atoms with Gasteiger partial charge in [-0.1, -0.05) is 0 Å². The number of anilines is 1. The zero-order valence-electron chi connectivity index (χ0n) is 20.7. The lowest BCUT2D eigenvalue weighted by Crippen LogP contribution is -2.41. The molecule has 0 radical (unpaired) electrons. The van der Waals surface area contributed by atoms with Crippen molar-refractivity contribution in [3.8, 4) is 17.5 Å². The molecule has 200 valence electrons. The van der Waals surface area contributed by atoms with Crippen LogP contribution in [-0.4, -0.2) is 72.6 Å². The van der Waals surface area contributed by atoms with Gasteiger partial charge in [-0.3, -0.25) is 4.79 Å². The molecular weight excluding hydrogens is 516 g/mol. The van der Waals surface area contributed by atoms with E-state index < -0.39 is 21.9 Å². The highest BCUT2D eigenvalue weighted by Gasteiger charge is 2.29. The van der Waals surface area contributed by atoms with Crippen molar-refractivity contribution in [3.05, 3.63) is 65.9 Å². The normalized spacial score (nSPS) is 14.3. The number of benzene rings is 1. The summed E-state index contributed by atoms with van der Waals surface area (Å²) in [7, 11) is -2.01. The monoisotopic (exact) mass is 542 g/mol. The average Bonchev–Trinajstić information content (AvgIpc) is 2.83. The number of carboxylic acids is 1. The molecule has 1 aliphatic rings. The maximum Gasteiger partial charge on any atom is 0.337 e. The smallest absolute Gasteiger partial charge is 0.337 e. The molecule has 0 saturated carbocycles. The molecule has 1 aromatic carbocycles. The standard InChI is InChI=1S/C25H26N4O8S/c1-16(15-35-2)36-22-12-18(24(30)27-21-9-4-17(14-26-21)25(31)32)13-23(28-22)37-19-5-7-20(8-6-19)38(33,34)29-10-3-11-29/h4-9,12-14,16H,3,10-11,15H2,1-2H3,(H,31,32)(H,26,27,30)/t16-/m1/s1. The highest BCUT2D eigenvalue weighted by atomic mass is 32.2. The van der Waals surface area contributed by atoms with Gasteiger partial charge in [-0.25, -0.2) is 18.2 Å². The number of methoxy groups -OCH3 is 1. The van der Waals surface area contributed by atoms with E-state index in [1.807, 2.05) is 0 Å². The molecule has 3 aromatic rings. The third-order valence-corrected chi connectivity index (χ3v) is 7.43. The molecule has 0 aliphatic carbocycles. The quantitative estimate of drug-likeness (QED) is 0.369. The zero-order valence-corrected chi connectivity index (χ0v) is 21.5. The number of carbonyl (C=O) groups excluding carboxylic acids is 1. The average molecular weight is 543 g/mol. The lowest BCUT2D eigenvalue weighted by atomic mass is 10.2. The fourth-order valence-electron chi connectivity index (χ4n) is 3.46. The largest absolute Gasteiger partial charge is 0.478 e. The molecule has 3 heterocycles. The van der Waals surface area contributed by atoms with Crippen LogP contribution < -0.4 is 14.8 Å². The second-order valence-electron chi connectivity index (χ2n) is 8.44. The second-order valence-corrected chi connectivity index (χ2v) is 10.4. The molecule has 1 saturated heterocycles.